The molecule has 1 unspecified atom stereocenters. The van der Waals surface area contributed by atoms with Crippen LogP contribution in [-0.4, -0.2) is 46.9 Å². The maximum Gasteiger partial charge on any atom is 0.328 e. The van der Waals surface area contributed by atoms with Crippen LogP contribution in [0, 0.1) is 6.92 Å². The summed E-state index contributed by atoms with van der Waals surface area (Å²) in [4.78, 5) is 19.3. The number of rotatable bonds is 7. The Kier molecular flexibility index (Phi) is 5.50. The topological polar surface area (TPSA) is 93.6 Å². The molecule has 1 heterocycles. The molecular weight excluding hydrogens is 250 g/mol. The molecule has 1 rings (SSSR count). The fourth-order valence-corrected chi connectivity index (χ4v) is 1.40. The van der Waals surface area contributed by atoms with Crippen molar-refractivity contribution in [2.75, 3.05) is 19.0 Å². The van der Waals surface area contributed by atoms with Crippen LogP contribution < -0.4 is 10.1 Å². The molecule has 0 aliphatic rings. The lowest BCUT2D eigenvalue weighted by Crippen LogP contribution is -2.34. The molecular formula is C12H19N3O4. The zero-order valence-electron chi connectivity index (χ0n) is 11.5. The molecule has 1 atom stereocenters. The second-order valence-corrected chi connectivity index (χ2v) is 4.33. The third-order valence-electron chi connectivity index (χ3n) is 2.12. The summed E-state index contributed by atoms with van der Waals surface area (Å²) in [6.45, 7) is 5.57. The number of ether oxygens (including phenoxy) is 2. The standard InChI is InChI=1S/C12H19N3O4/c1-7(2)19-10-5-8(3)13-12(15-10)14-9(6-18-4)11(16)17/h5,7,9H,6H2,1-4H3,(H,16,17)(H,13,14,15). The van der Waals surface area contributed by atoms with Crippen molar-refractivity contribution < 1.29 is 19.4 Å². The molecule has 106 valence electrons. The fourth-order valence-electron chi connectivity index (χ4n) is 1.40. The van der Waals surface area contributed by atoms with Gasteiger partial charge in [0.2, 0.25) is 11.8 Å². The number of hydrogen-bond donors (Lipinski definition) is 2. The number of nitrogens with zero attached hydrogens (tertiary/aromatic N) is 2. The van der Waals surface area contributed by atoms with Crippen molar-refractivity contribution in [3.63, 3.8) is 0 Å². The van der Waals surface area contributed by atoms with Gasteiger partial charge >= 0.3 is 5.97 Å². The molecule has 7 heteroatoms. The van der Waals surface area contributed by atoms with Crippen molar-refractivity contribution in [2.24, 2.45) is 0 Å². The smallest absolute Gasteiger partial charge is 0.328 e. The van der Waals surface area contributed by atoms with E-state index < -0.39 is 12.0 Å². The van der Waals surface area contributed by atoms with Crippen LogP contribution in [0.25, 0.3) is 0 Å². The minimum atomic E-state index is -1.03. The lowest BCUT2D eigenvalue weighted by atomic mass is 10.3. The lowest BCUT2D eigenvalue weighted by molar-refractivity contribution is -0.139. The number of nitrogens with one attached hydrogen (secondary N) is 1. The maximum absolute atomic E-state index is 11.0. The number of carboxylic acids is 1. The van der Waals surface area contributed by atoms with E-state index in [2.05, 4.69) is 15.3 Å². The first kappa shape index (κ1) is 15.2. The van der Waals surface area contributed by atoms with Crippen LogP contribution in [0.1, 0.15) is 19.5 Å². The molecule has 1 aromatic heterocycles. The molecule has 7 nitrogen and oxygen atoms in total. The molecule has 0 saturated heterocycles. The van der Waals surface area contributed by atoms with Crippen LogP contribution in [0.4, 0.5) is 5.95 Å². The van der Waals surface area contributed by atoms with Crippen LogP contribution in [0.5, 0.6) is 5.88 Å². The summed E-state index contributed by atoms with van der Waals surface area (Å²) in [5, 5.41) is 11.7. The first-order valence-corrected chi connectivity index (χ1v) is 5.93. The number of aliphatic carboxylic acids is 1. The summed E-state index contributed by atoms with van der Waals surface area (Å²) in [6, 6.07) is 0.788. The van der Waals surface area contributed by atoms with E-state index in [1.165, 1.54) is 7.11 Å². The Labute approximate surface area is 112 Å². The molecule has 1 aromatic rings. The Bertz CT molecular complexity index is 437. The van der Waals surface area contributed by atoms with E-state index in [9.17, 15) is 4.79 Å². The number of aromatic nitrogens is 2. The summed E-state index contributed by atoms with van der Waals surface area (Å²) in [7, 11) is 1.43. The van der Waals surface area contributed by atoms with E-state index in [4.69, 9.17) is 14.6 Å². The number of anilines is 1. The molecule has 0 bridgehead atoms. The molecule has 0 aliphatic heterocycles. The Morgan fingerprint density at radius 2 is 2.16 bits per heavy atom. The second kappa shape index (κ2) is 6.89. The van der Waals surface area contributed by atoms with Gasteiger partial charge in [0, 0.05) is 18.9 Å². The first-order valence-electron chi connectivity index (χ1n) is 5.93. The highest BCUT2D eigenvalue weighted by Crippen LogP contribution is 2.14. The molecule has 0 spiro atoms. The minimum Gasteiger partial charge on any atom is -0.480 e. The maximum atomic E-state index is 11.0. The number of methoxy groups -OCH3 is 1. The average molecular weight is 269 g/mol. The van der Waals surface area contributed by atoms with Gasteiger partial charge in [0.05, 0.1) is 12.7 Å². The zero-order chi connectivity index (χ0) is 14.4. The number of carbonyl (C=O) groups is 1. The summed E-state index contributed by atoms with van der Waals surface area (Å²) >= 11 is 0. The van der Waals surface area contributed by atoms with E-state index in [-0.39, 0.29) is 18.7 Å². The van der Waals surface area contributed by atoms with Gasteiger partial charge in [-0.05, 0) is 20.8 Å². The summed E-state index contributed by atoms with van der Waals surface area (Å²) in [6.07, 6.45) is -0.0172. The number of aryl methyl sites for hydroxylation is 1. The number of carboxylic acid groups (broad SMARTS) is 1. The Hall–Kier alpha value is -1.89. The van der Waals surface area contributed by atoms with Gasteiger partial charge in [-0.2, -0.15) is 4.98 Å². The van der Waals surface area contributed by atoms with Gasteiger partial charge in [-0.15, -0.1) is 0 Å². The van der Waals surface area contributed by atoms with Gasteiger partial charge < -0.3 is 19.9 Å². The minimum absolute atomic E-state index is 0.0172. The van der Waals surface area contributed by atoms with E-state index in [1.54, 1.807) is 13.0 Å². The molecule has 0 fully saturated rings. The Morgan fingerprint density at radius 3 is 2.68 bits per heavy atom. The van der Waals surface area contributed by atoms with Crippen LogP contribution >= 0.6 is 0 Å². The molecule has 0 aromatic carbocycles. The average Bonchev–Trinajstić information content (AvgIpc) is 2.26. The predicted molar refractivity (Wildman–Crippen MR) is 69.5 cm³/mol. The first-order chi connectivity index (χ1) is 8.92. The van der Waals surface area contributed by atoms with Crippen molar-refractivity contribution in [1.29, 1.82) is 0 Å². The van der Waals surface area contributed by atoms with Crippen LogP contribution in [0.3, 0.4) is 0 Å². The third kappa shape index (κ3) is 5.09. The third-order valence-corrected chi connectivity index (χ3v) is 2.12. The summed E-state index contributed by atoms with van der Waals surface area (Å²) in [5.74, 6) is -0.412. The predicted octanol–water partition coefficient (Wildman–Crippen LogP) is 1.08. The van der Waals surface area contributed by atoms with E-state index in [1.807, 2.05) is 13.8 Å². The molecule has 2 N–H and O–H groups in total. The summed E-state index contributed by atoms with van der Waals surface area (Å²) < 4.78 is 10.3. The Morgan fingerprint density at radius 1 is 1.47 bits per heavy atom. The molecule has 0 radical (unpaired) electrons. The lowest BCUT2D eigenvalue weighted by Gasteiger charge is -2.15. The van der Waals surface area contributed by atoms with Gasteiger partial charge in [0.25, 0.3) is 0 Å². The van der Waals surface area contributed by atoms with Gasteiger partial charge in [-0.3, -0.25) is 0 Å². The van der Waals surface area contributed by atoms with E-state index >= 15 is 0 Å². The van der Waals surface area contributed by atoms with Crippen molar-refractivity contribution in [3.8, 4) is 5.88 Å². The van der Waals surface area contributed by atoms with Crippen LogP contribution in [0.15, 0.2) is 6.07 Å². The highest BCUT2D eigenvalue weighted by molar-refractivity contribution is 5.76. The van der Waals surface area contributed by atoms with Gasteiger partial charge in [-0.25, -0.2) is 9.78 Å². The molecule has 19 heavy (non-hydrogen) atoms. The van der Waals surface area contributed by atoms with Crippen LogP contribution in [0.2, 0.25) is 0 Å². The molecule has 0 amide bonds. The summed E-state index contributed by atoms with van der Waals surface area (Å²) in [5.41, 5.74) is 0.690. The zero-order valence-corrected chi connectivity index (χ0v) is 11.5. The normalized spacial score (nSPS) is 12.3. The highest BCUT2D eigenvalue weighted by atomic mass is 16.5. The molecule has 0 aliphatic carbocycles. The fraction of sp³-hybridized carbons (Fsp3) is 0.583. The quantitative estimate of drug-likeness (QED) is 0.765. The second-order valence-electron chi connectivity index (χ2n) is 4.33. The van der Waals surface area contributed by atoms with Crippen molar-refractivity contribution in [1.82, 2.24) is 9.97 Å². The number of hydrogen-bond acceptors (Lipinski definition) is 6. The van der Waals surface area contributed by atoms with E-state index in [0.717, 1.165) is 0 Å². The monoisotopic (exact) mass is 269 g/mol. The molecule has 0 saturated carbocycles. The van der Waals surface area contributed by atoms with Crippen molar-refractivity contribution in [3.05, 3.63) is 11.8 Å². The van der Waals surface area contributed by atoms with Crippen molar-refractivity contribution >= 4 is 11.9 Å². The SMILES string of the molecule is COCC(Nc1nc(C)cc(OC(C)C)n1)C(=O)O. The van der Waals surface area contributed by atoms with Crippen LogP contribution in [-0.2, 0) is 9.53 Å². The van der Waals surface area contributed by atoms with Gasteiger partial charge in [0.15, 0.2) is 6.04 Å². The highest BCUT2D eigenvalue weighted by Gasteiger charge is 2.18. The Balaban J connectivity index is 2.87. The van der Waals surface area contributed by atoms with Gasteiger partial charge in [-0.1, -0.05) is 0 Å². The largest absolute Gasteiger partial charge is 0.480 e. The van der Waals surface area contributed by atoms with Gasteiger partial charge in [0.1, 0.15) is 0 Å². The van der Waals surface area contributed by atoms with Crippen molar-refractivity contribution in [2.45, 2.75) is 32.9 Å². The van der Waals surface area contributed by atoms with E-state index in [0.29, 0.717) is 11.6 Å².